The van der Waals surface area contributed by atoms with Gasteiger partial charge in [-0.1, -0.05) is 35.9 Å². The Morgan fingerprint density at radius 3 is 2.84 bits per heavy atom. The molecule has 1 aromatic heterocycles. The lowest BCUT2D eigenvalue weighted by Gasteiger charge is -2.16. The van der Waals surface area contributed by atoms with Crippen LogP contribution in [0.1, 0.15) is 16.8 Å². The Morgan fingerprint density at radius 2 is 2.04 bits per heavy atom. The van der Waals surface area contributed by atoms with Crippen LogP contribution >= 0.6 is 11.6 Å². The van der Waals surface area contributed by atoms with Crippen LogP contribution in [-0.2, 0) is 19.5 Å². The molecule has 2 heterocycles. The number of hydrogen-bond donors (Lipinski definition) is 2. The fourth-order valence-electron chi connectivity index (χ4n) is 3.12. The molecule has 0 saturated heterocycles. The topological polar surface area (TPSA) is 41.9 Å². The van der Waals surface area contributed by atoms with E-state index in [0.29, 0.717) is 6.54 Å². The molecule has 0 atom stereocenters. The van der Waals surface area contributed by atoms with E-state index in [2.05, 4.69) is 10.6 Å². The Hall–Kier alpha value is -2.37. The largest absolute Gasteiger partial charge is 0.338 e. The maximum absolute atomic E-state index is 13.4. The number of nitrogens with zero attached hydrogens (tertiary/aromatic N) is 2. The number of rotatable bonds is 4. The monoisotopic (exact) mass is 356 g/mol. The number of para-hydroxylation sites is 1. The first-order valence-corrected chi connectivity index (χ1v) is 8.64. The summed E-state index contributed by atoms with van der Waals surface area (Å²) in [6.07, 6.45) is 0.910. The zero-order valence-corrected chi connectivity index (χ0v) is 14.4. The van der Waals surface area contributed by atoms with Gasteiger partial charge < -0.3 is 10.6 Å². The van der Waals surface area contributed by atoms with Gasteiger partial charge in [-0.25, -0.2) is 4.39 Å². The molecule has 128 valence electrons. The van der Waals surface area contributed by atoms with Crippen LogP contribution in [0.3, 0.4) is 0 Å². The molecule has 3 aromatic rings. The lowest BCUT2D eigenvalue weighted by molar-refractivity contribution is 0.581. The highest BCUT2D eigenvalue weighted by Crippen LogP contribution is 2.27. The molecule has 0 aliphatic carbocycles. The minimum Gasteiger partial charge on any atom is -0.338 e. The maximum atomic E-state index is 13.4. The third-order valence-electron chi connectivity index (χ3n) is 4.36. The Labute approximate surface area is 150 Å². The highest BCUT2D eigenvalue weighted by Gasteiger charge is 2.21. The third-order valence-corrected chi connectivity index (χ3v) is 4.65. The van der Waals surface area contributed by atoms with Gasteiger partial charge in [0.25, 0.3) is 0 Å². The van der Waals surface area contributed by atoms with E-state index in [4.69, 9.17) is 16.7 Å². The first-order chi connectivity index (χ1) is 12.2. The van der Waals surface area contributed by atoms with Crippen molar-refractivity contribution in [2.24, 2.45) is 0 Å². The third kappa shape index (κ3) is 3.38. The van der Waals surface area contributed by atoms with Crippen LogP contribution in [0.5, 0.6) is 0 Å². The molecule has 2 aromatic carbocycles. The second-order valence-electron chi connectivity index (χ2n) is 6.10. The number of halogens is 2. The van der Waals surface area contributed by atoms with Crippen LogP contribution in [0.15, 0.2) is 48.5 Å². The second-order valence-corrected chi connectivity index (χ2v) is 6.50. The molecule has 0 fully saturated rings. The zero-order chi connectivity index (χ0) is 17.2. The molecule has 0 bridgehead atoms. The highest BCUT2D eigenvalue weighted by atomic mass is 35.5. The molecule has 0 spiro atoms. The standard InChI is InChI=1S/C19H18ClFN4/c20-16-10-13(6-7-17(16)21)12-25-18-8-9-22-11-15(18)19(24-25)23-14-4-2-1-3-5-14/h1-7,10,22H,8-9,11-12H2,(H,23,24). The van der Waals surface area contributed by atoms with Gasteiger partial charge in [-0.2, -0.15) is 5.10 Å². The van der Waals surface area contributed by atoms with Crippen molar-refractivity contribution >= 4 is 23.1 Å². The van der Waals surface area contributed by atoms with Gasteiger partial charge in [0.05, 0.1) is 11.6 Å². The van der Waals surface area contributed by atoms with Crippen LogP contribution in [0.4, 0.5) is 15.9 Å². The minimum absolute atomic E-state index is 0.142. The molecular weight excluding hydrogens is 339 g/mol. The Kier molecular flexibility index (Phi) is 4.42. The SMILES string of the molecule is Fc1ccc(Cn2nc(Nc3ccccc3)c3c2CCNC3)cc1Cl. The molecule has 6 heteroatoms. The molecule has 1 aliphatic heterocycles. The van der Waals surface area contributed by atoms with Crippen molar-refractivity contribution in [3.8, 4) is 0 Å². The molecule has 2 N–H and O–H groups in total. The number of benzene rings is 2. The first kappa shape index (κ1) is 16.1. The predicted molar refractivity (Wildman–Crippen MR) is 97.9 cm³/mol. The summed E-state index contributed by atoms with van der Waals surface area (Å²) >= 11 is 5.91. The van der Waals surface area contributed by atoms with E-state index in [0.717, 1.165) is 36.6 Å². The van der Waals surface area contributed by atoms with E-state index in [1.54, 1.807) is 12.1 Å². The summed E-state index contributed by atoms with van der Waals surface area (Å²) in [5.74, 6) is 0.463. The van der Waals surface area contributed by atoms with Crippen molar-refractivity contribution in [2.75, 3.05) is 11.9 Å². The Morgan fingerprint density at radius 1 is 1.20 bits per heavy atom. The summed E-state index contributed by atoms with van der Waals surface area (Å²) in [4.78, 5) is 0. The molecule has 0 amide bonds. The number of fused-ring (bicyclic) bond motifs is 1. The number of aromatic nitrogens is 2. The van der Waals surface area contributed by atoms with Gasteiger partial charge >= 0.3 is 0 Å². The van der Waals surface area contributed by atoms with Gasteiger partial charge in [0, 0.05) is 36.5 Å². The molecule has 25 heavy (non-hydrogen) atoms. The highest BCUT2D eigenvalue weighted by molar-refractivity contribution is 6.30. The van der Waals surface area contributed by atoms with Crippen molar-refractivity contribution in [1.82, 2.24) is 15.1 Å². The average Bonchev–Trinajstić information content (AvgIpc) is 2.97. The minimum atomic E-state index is -0.399. The van der Waals surface area contributed by atoms with E-state index < -0.39 is 5.82 Å². The quantitative estimate of drug-likeness (QED) is 0.739. The van der Waals surface area contributed by atoms with Gasteiger partial charge in [0.2, 0.25) is 0 Å². The van der Waals surface area contributed by atoms with Crippen molar-refractivity contribution in [3.63, 3.8) is 0 Å². The lowest BCUT2D eigenvalue weighted by atomic mass is 10.1. The Balaban J connectivity index is 1.66. The van der Waals surface area contributed by atoms with Gasteiger partial charge in [-0.05, 0) is 29.8 Å². The fraction of sp³-hybridized carbons (Fsp3) is 0.211. The van der Waals surface area contributed by atoms with Gasteiger partial charge in [-0.15, -0.1) is 0 Å². The van der Waals surface area contributed by atoms with Crippen LogP contribution in [0.2, 0.25) is 5.02 Å². The normalized spacial score (nSPS) is 13.5. The summed E-state index contributed by atoms with van der Waals surface area (Å²) in [6, 6.07) is 14.8. The fourth-order valence-corrected chi connectivity index (χ4v) is 3.32. The Bertz CT molecular complexity index is 892. The average molecular weight is 357 g/mol. The van der Waals surface area contributed by atoms with Crippen LogP contribution in [0, 0.1) is 5.82 Å². The van der Waals surface area contributed by atoms with E-state index in [1.165, 1.54) is 17.3 Å². The first-order valence-electron chi connectivity index (χ1n) is 8.26. The molecule has 4 nitrogen and oxygen atoms in total. The molecule has 1 aliphatic rings. The second kappa shape index (κ2) is 6.86. The maximum Gasteiger partial charge on any atom is 0.157 e. The molecule has 4 rings (SSSR count). The van der Waals surface area contributed by atoms with E-state index in [1.807, 2.05) is 35.0 Å². The molecular formula is C19H18ClFN4. The van der Waals surface area contributed by atoms with E-state index in [-0.39, 0.29) is 5.02 Å². The summed E-state index contributed by atoms with van der Waals surface area (Å²) in [5, 5.41) is 11.7. The number of hydrogen-bond acceptors (Lipinski definition) is 3. The van der Waals surface area contributed by atoms with Crippen LogP contribution < -0.4 is 10.6 Å². The predicted octanol–water partition coefficient (Wildman–Crippen LogP) is 4.11. The summed E-state index contributed by atoms with van der Waals surface area (Å²) in [5.41, 5.74) is 4.33. The molecule has 0 radical (unpaired) electrons. The van der Waals surface area contributed by atoms with Crippen LogP contribution in [-0.4, -0.2) is 16.3 Å². The van der Waals surface area contributed by atoms with Gasteiger partial charge in [0.15, 0.2) is 5.82 Å². The van der Waals surface area contributed by atoms with Gasteiger partial charge in [-0.3, -0.25) is 4.68 Å². The smallest absolute Gasteiger partial charge is 0.157 e. The summed E-state index contributed by atoms with van der Waals surface area (Å²) in [6.45, 7) is 2.28. The molecule has 0 saturated carbocycles. The van der Waals surface area contributed by atoms with Gasteiger partial charge in [0.1, 0.15) is 5.82 Å². The van der Waals surface area contributed by atoms with Crippen molar-refractivity contribution in [3.05, 3.63) is 76.2 Å². The summed E-state index contributed by atoms with van der Waals surface area (Å²) in [7, 11) is 0. The number of nitrogens with one attached hydrogen (secondary N) is 2. The van der Waals surface area contributed by atoms with Crippen LogP contribution in [0.25, 0.3) is 0 Å². The molecule has 0 unspecified atom stereocenters. The number of anilines is 2. The zero-order valence-electron chi connectivity index (χ0n) is 13.6. The van der Waals surface area contributed by atoms with Crippen molar-refractivity contribution in [1.29, 1.82) is 0 Å². The van der Waals surface area contributed by atoms with E-state index in [9.17, 15) is 4.39 Å². The summed E-state index contributed by atoms with van der Waals surface area (Å²) < 4.78 is 15.4. The van der Waals surface area contributed by atoms with Crippen molar-refractivity contribution < 1.29 is 4.39 Å². The van der Waals surface area contributed by atoms with E-state index >= 15 is 0 Å². The lowest BCUT2D eigenvalue weighted by Crippen LogP contribution is -2.25. The van der Waals surface area contributed by atoms with Crippen molar-refractivity contribution in [2.45, 2.75) is 19.5 Å².